The number of hydrogen-bond acceptors (Lipinski definition) is 3. The molecule has 4 heteroatoms. The fraction of sp³-hybridized carbons (Fsp3) is 0.0625. The molecule has 0 spiro atoms. The first-order valence-electron chi connectivity index (χ1n) is 6.32. The lowest BCUT2D eigenvalue weighted by atomic mass is 10.1. The highest BCUT2D eigenvalue weighted by Crippen LogP contribution is 2.25. The number of amidine groups is 1. The first-order chi connectivity index (χ1) is 9.79. The standard InChI is InChI=1S/C16H14N2O2/c1-11-13-9-5-6-10-14(13)20-15(11)16(18-19)17-12-7-3-2-4-8-12/h2-10,19H,1H3,(H,17,18). The topological polar surface area (TPSA) is 57.8 Å². The van der Waals surface area contributed by atoms with Crippen LogP contribution >= 0.6 is 0 Å². The van der Waals surface area contributed by atoms with Crippen LogP contribution in [0, 0.1) is 6.92 Å². The lowest BCUT2D eigenvalue weighted by Gasteiger charge is -2.02. The van der Waals surface area contributed by atoms with Crippen molar-refractivity contribution in [2.75, 3.05) is 0 Å². The molecule has 0 saturated heterocycles. The molecule has 4 nitrogen and oxygen atoms in total. The number of aryl methyl sites for hydroxylation is 1. The Morgan fingerprint density at radius 1 is 1.05 bits per heavy atom. The molecule has 3 aromatic rings. The smallest absolute Gasteiger partial charge is 0.194 e. The minimum atomic E-state index is 0.296. The van der Waals surface area contributed by atoms with E-state index >= 15 is 0 Å². The normalized spacial score (nSPS) is 11.8. The SMILES string of the molecule is Cc1c(C(=Nc2ccccc2)NO)oc2ccccc12. The Morgan fingerprint density at radius 2 is 1.75 bits per heavy atom. The third kappa shape index (κ3) is 2.17. The first-order valence-corrected chi connectivity index (χ1v) is 6.32. The van der Waals surface area contributed by atoms with Crippen LogP contribution < -0.4 is 5.48 Å². The number of fused-ring (bicyclic) bond motifs is 1. The van der Waals surface area contributed by atoms with Crippen LogP contribution in [0.3, 0.4) is 0 Å². The Kier molecular flexibility index (Phi) is 3.23. The van der Waals surface area contributed by atoms with Crippen molar-refractivity contribution in [3.8, 4) is 0 Å². The molecule has 20 heavy (non-hydrogen) atoms. The highest BCUT2D eigenvalue weighted by atomic mass is 16.5. The van der Waals surface area contributed by atoms with Crippen molar-refractivity contribution in [1.82, 2.24) is 5.48 Å². The largest absolute Gasteiger partial charge is 0.452 e. The lowest BCUT2D eigenvalue weighted by molar-refractivity contribution is 0.233. The van der Waals surface area contributed by atoms with Gasteiger partial charge in [-0.1, -0.05) is 36.4 Å². The third-order valence-corrected chi connectivity index (χ3v) is 3.16. The average molecular weight is 266 g/mol. The zero-order valence-electron chi connectivity index (χ0n) is 11.0. The quantitative estimate of drug-likeness (QED) is 0.421. The van der Waals surface area contributed by atoms with Crippen LogP contribution in [0.25, 0.3) is 11.0 Å². The van der Waals surface area contributed by atoms with Crippen LogP contribution in [0.5, 0.6) is 0 Å². The Labute approximate surface area is 116 Å². The fourth-order valence-corrected chi connectivity index (χ4v) is 2.16. The van der Waals surface area contributed by atoms with Gasteiger partial charge in [0.2, 0.25) is 0 Å². The van der Waals surface area contributed by atoms with Gasteiger partial charge in [-0.05, 0) is 25.1 Å². The summed E-state index contributed by atoms with van der Waals surface area (Å²) in [7, 11) is 0. The van der Waals surface area contributed by atoms with Gasteiger partial charge in [-0.2, -0.15) is 0 Å². The summed E-state index contributed by atoms with van der Waals surface area (Å²) in [5.41, 5.74) is 4.58. The van der Waals surface area contributed by atoms with E-state index in [4.69, 9.17) is 4.42 Å². The minimum absolute atomic E-state index is 0.296. The van der Waals surface area contributed by atoms with Crippen LogP contribution in [-0.4, -0.2) is 11.0 Å². The van der Waals surface area contributed by atoms with Crippen molar-refractivity contribution in [2.24, 2.45) is 4.99 Å². The van der Waals surface area contributed by atoms with Gasteiger partial charge in [-0.15, -0.1) is 0 Å². The van der Waals surface area contributed by atoms with E-state index in [0.717, 1.165) is 22.2 Å². The molecule has 0 aliphatic carbocycles. The highest BCUT2D eigenvalue weighted by Gasteiger charge is 2.15. The van der Waals surface area contributed by atoms with Crippen molar-refractivity contribution in [2.45, 2.75) is 6.92 Å². The van der Waals surface area contributed by atoms with Gasteiger partial charge in [0, 0.05) is 10.9 Å². The zero-order chi connectivity index (χ0) is 13.9. The second-order valence-electron chi connectivity index (χ2n) is 4.46. The maximum absolute atomic E-state index is 9.35. The Morgan fingerprint density at radius 3 is 2.45 bits per heavy atom. The molecular formula is C16H14N2O2. The molecule has 1 aromatic heterocycles. The van der Waals surface area contributed by atoms with Crippen molar-refractivity contribution in [3.05, 3.63) is 65.9 Å². The maximum Gasteiger partial charge on any atom is 0.194 e. The lowest BCUT2D eigenvalue weighted by Crippen LogP contribution is -2.20. The number of nitrogens with one attached hydrogen (secondary N) is 1. The molecular weight excluding hydrogens is 252 g/mol. The summed E-state index contributed by atoms with van der Waals surface area (Å²) in [6, 6.07) is 17.1. The van der Waals surface area contributed by atoms with E-state index < -0.39 is 0 Å². The predicted molar refractivity (Wildman–Crippen MR) is 78.5 cm³/mol. The van der Waals surface area contributed by atoms with Gasteiger partial charge in [0.1, 0.15) is 5.58 Å². The van der Waals surface area contributed by atoms with Crippen LogP contribution in [0.2, 0.25) is 0 Å². The molecule has 0 aliphatic heterocycles. The van der Waals surface area contributed by atoms with Gasteiger partial charge in [-0.25, -0.2) is 10.5 Å². The van der Waals surface area contributed by atoms with Crippen molar-refractivity contribution in [3.63, 3.8) is 0 Å². The number of para-hydroxylation sites is 2. The van der Waals surface area contributed by atoms with Gasteiger partial charge >= 0.3 is 0 Å². The molecule has 2 N–H and O–H groups in total. The minimum Gasteiger partial charge on any atom is -0.452 e. The number of nitrogens with zero attached hydrogens (tertiary/aromatic N) is 1. The molecule has 3 rings (SSSR count). The van der Waals surface area contributed by atoms with E-state index in [1.54, 1.807) is 0 Å². The fourth-order valence-electron chi connectivity index (χ4n) is 2.16. The second kappa shape index (κ2) is 5.19. The van der Waals surface area contributed by atoms with E-state index in [9.17, 15) is 5.21 Å². The first kappa shape index (κ1) is 12.4. The number of rotatable bonds is 2. The van der Waals surface area contributed by atoms with Crippen molar-refractivity contribution in [1.29, 1.82) is 0 Å². The molecule has 0 fully saturated rings. The summed E-state index contributed by atoms with van der Waals surface area (Å²) >= 11 is 0. The summed E-state index contributed by atoms with van der Waals surface area (Å²) in [4.78, 5) is 4.37. The summed E-state index contributed by atoms with van der Waals surface area (Å²) in [6.07, 6.45) is 0. The zero-order valence-corrected chi connectivity index (χ0v) is 11.0. The molecule has 2 aromatic carbocycles. The summed E-state index contributed by atoms with van der Waals surface area (Å²) < 4.78 is 5.77. The molecule has 0 unspecified atom stereocenters. The van der Waals surface area contributed by atoms with Gasteiger partial charge in [-0.3, -0.25) is 5.21 Å². The number of hydrogen-bond donors (Lipinski definition) is 2. The van der Waals surface area contributed by atoms with Crippen LogP contribution in [0.1, 0.15) is 11.3 Å². The van der Waals surface area contributed by atoms with Gasteiger partial charge in [0.25, 0.3) is 0 Å². The second-order valence-corrected chi connectivity index (χ2v) is 4.46. The predicted octanol–water partition coefficient (Wildman–Crippen LogP) is 3.80. The van der Waals surface area contributed by atoms with Gasteiger partial charge in [0.15, 0.2) is 11.6 Å². The Balaban J connectivity index is 2.12. The van der Waals surface area contributed by atoms with E-state index in [1.807, 2.05) is 61.5 Å². The van der Waals surface area contributed by atoms with Crippen LogP contribution in [0.15, 0.2) is 64.0 Å². The molecule has 1 heterocycles. The monoisotopic (exact) mass is 266 g/mol. The van der Waals surface area contributed by atoms with E-state index in [0.29, 0.717) is 11.6 Å². The molecule has 0 amide bonds. The van der Waals surface area contributed by atoms with E-state index in [1.165, 1.54) is 0 Å². The average Bonchev–Trinajstić information content (AvgIpc) is 2.83. The summed E-state index contributed by atoms with van der Waals surface area (Å²) in [5, 5.41) is 10.4. The van der Waals surface area contributed by atoms with Crippen LogP contribution in [0.4, 0.5) is 5.69 Å². The molecule has 0 saturated carbocycles. The molecule has 0 bridgehead atoms. The highest BCUT2D eigenvalue weighted by molar-refractivity contribution is 6.02. The van der Waals surface area contributed by atoms with Gasteiger partial charge < -0.3 is 4.42 Å². The number of hydroxylamine groups is 1. The molecule has 0 atom stereocenters. The summed E-state index contributed by atoms with van der Waals surface area (Å²) in [6.45, 7) is 1.94. The summed E-state index contributed by atoms with van der Waals surface area (Å²) in [5.74, 6) is 0.836. The van der Waals surface area contributed by atoms with Crippen molar-refractivity contribution >= 4 is 22.5 Å². The number of benzene rings is 2. The Hall–Kier alpha value is -2.59. The van der Waals surface area contributed by atoms with Crippen molar-refractivity contribution < 1.29 is 9.62 Å². The molecule has 0 aliphatic rings. The Bertz CT molecular complexity index is 761. The van der Waals surface area contributed by atoms with E-state index in [-0.39, 0.29) is 0 Å². The van der Waals surface area contributed by atoms with Gasteiger partial charge in [0.05, 0.1) is 5.69 Å². The van der Waals surface area contributed by atoms with E-state index in [2.05, 4.69) is 10.5 Å². The molecule has 0 radical (unpaired) electrons. The number of aliphatic imine (C=N–C) groups is 1. The number of furan rings is 1. The third-order valence-electron chi connectivity index (χ3n) is 3.16. The maximum atomic E-state index is 9.35. The molecule has 100 valence electrons. The van der Waals surface area contributed by atoms with Crippen LogP contribution in [-0.2, 0) is 0 Å².